The maximum absolute atomic E-state index is 12.8. The van der Waals surface area contributed by atoms with Gasteiger partial charge in [0.25, 0.3) is 5.69 Å². The van der Waals surface area contributed by atoms with Gasteiger partial charge in [-0.05, 0) is 5.41 Å². The molecule has 1 heterocycles. The van der Waals surface area contributed by atoms with E-state index in [1.54, 1.807) is 39.0 Å². The first kappa shape index (κ1) is 17.7. The molecule has 8 nitrogen and oxygen atoms in total. The Morgan fingerprint density at radius 3 is 2.50 bits per heavy atom. The van der Waals surface area contributed by atoms with Crippen LogP contribution in [-0.2, 0) is 11.3 Å². The molecule has 1 aromatic carbocycles. The quantitative estimate of drug-likeness (QED) is 0.674. The van der Waals surface area contributed by atoms with E-state index in [0.717, 1.165) is 4.90 Å². The predicted molar refractivity (Wildman–Crippen MR) is 86.5 cm³/mol. The van der Waals surface area contributed by atoms with Crippen LogP contribution in [0.3, 0.4) is 0 Å². The third-order valence-corrected chi connectivity index (χ3v) is 4.08. The average Bonchev–Trinajstić information content (AvgIpc) is 2.47. The fraction of sp³-hybridized carbons (Fsp3) is 0.500. The lowest BCUT2D eigenvalue weighted by atomic mass is 9.83. The molecular weight excluding hydrogens is 314 g/mol. The van der Waals surface area contributed by atoms with Crippen molar-refractivity contribution in [1.82, 2.24) is 9.80 Å². The number of nitrogens with zero attached hydrogens (tertiary/aromatic N) is 3. The second kappa shape index (κ2) is 6.46. The van der Waals surface area contributed by atoms with Crippen molar-refractivity contribution in [3.63, 3.8) is 0 Å². The summed E-state index contributed by atoms with van der Waals surface area (Å²) in [5, 5.41) is 20.5. The van der Waals surface area contributed by atoms with Crippen LogP contribution in [0.4, 0.5) is 10.5 Å². The van der Waals surface area contributed by atoms with Crippen LogP contribution in [0.15, 0.2) is 24.3 Å². The molecule has 1 aliphatic heterocycles. The molecule has 24 heavy (non-hydrogen) atoms. The topological polar surface area (TPSA) is 104 Å². The Kier molecular flexibility index (Phi) is 4.77. The number of nitro benzene ring substituents is 1. The Labute approximate surface area is 139 Å². The highest BCUT2D eigenvalue weighted by molar-refractivity contribution is 5.87. The molecular formula is C16H21N3O5. The minimum Gasteiger partial charge on any atom is -0.465 e. The summed E-state index contributed by atoms with van der Waals surface area (Å²) in [6.45, 7) is 5.91. The predicted octanol–water partition coefficient (Wildman–Crippen LogP) is 2.33. The van der Waals surface area contributed by atoms with Gasteiger partial charge in [-0.25, -0.2) is 4.79 Å². The molecule has 1 aliphatic rings. The van der Waals surface area contributed by atoms with Gasteiger partial charge in [0.15, 0.2) is 0 Å². The van der Waals surface area contributed by atoms with Gasteiger partial charge in [0, 0.05) is 24.7 Å². The van der Waals surface area contributed by atoms with Crippen LogP contribution < -0.4 is 0 Å². The summed E-state index contributed by atoms with van der Waals surface area (Å²) in [6, 6.07) is 5.45. The van der Waals surface area contributed by atoms with Crippen LogP contribution in [-0.4, -0.2) is 51.0 Å². The van der Waals surface area contributed by atoms with Crippen LogP contribution in [0.25, 0.3) is 0 Å². The largest absolute Gasteiger partial charge is 0.465 e. The van der Waals surface area contributed by atoms with Crippen LogP contribution in [0, 0.1) is 15.5 Å². The maximum Gasteiger partial charge on any atom is 0.408 e. The number of amides is 2. The third-order valence-electron chi connectivity index (χ3n) is 4.08. The number of rotatable bonds is 3. The number of carbonyl (C=O) groups is 2. The fourth-order valence-corrected chi connectivity index (χ4v) is 3.00. The van der Waals surface area contributed by atoms with Crippen molar-refractivity contribution in [2.24, 2.45) is 5.41 Å². The van der Waals surface area contributed by atoms with Gasteiger partial charge in [0.2, 0.25) is 5.91 Å². The summed E-state index contributed by atoms with van der Waals surface area (Å²) in [7, 11) is 0. The lowest BCUT2D eigenvalue weighted by Crippen LogP contribution is -2.62. The first-order valence-electron chi connectivity index (χ1n) is 7.63. The highest BCUT2D eigenvalue weighted by Gasteiger charge is 2.44. The molecule has 2 amide bonds. The van der Waals surface area contributed by atoms with E-state index in [1.807, 2.05) is 0 Å². The number of piperazine rings is 1. The summed E-state index contributed by atoms with van der Waals surface area (Å²) in [5.74, 6) is -0.325. The van der Waals surface area contributed by atoms with Crippen LogP contribution in [0.5, 0.6) is 0 Å². The summed E-state index contributed by atoms with van der Waals surface area (Å²) >= 11 is 0. The number of hydrogen-bond acceptors (Lipinski definition) is 4. The zero-order chi connectivity index (χ0) is 18.1. The van der Waals surface area contributed by atoms with Crippen molar-refractivity contribution < 1.29 is 19.6 Å². The van der Waals surface area contributed by atoms with E-state index in [0.29, 0.717) is 5.56 Å². The number of para-hydroxylation sites is 1. The number of carboxylic acid groups (broad SMARTS) is 1. The fourth-order valence-electron chi connectivity index (χ4n) is 3.00. The van der Waals surface area contributed by atoms with Gasteiger partial charge in [-0.15, -0.1) is 0 Å². The van der Waals surface area contributed by atoms with Crippen molar-refractivity contribution in [1.29, 1.82) is 0 Å². The van der Waals surface area contributed by atoms with Gasteiger partial charge in [0.05, 0.1) is 11.5 Å². The summed E-state index contributed by atoms with van der Waals surface area (Å²) in [6.07, 6.45) is -1.13. The highest BCUT2D eigenvalue weighted by Crippen LogP contribution is 2.30. The molecule has 8 heteroatoms. The normalized spacial score (nSPS) is 18.6. The number of nitro groups is 1. The van der Waals surface area contributed by atoms with E-state index in [9.17, 15) is 24.8 Å². The summed E-state index contributed by atoms with van der Waals surface area (Å²) in [5.41, 5.74) is -0.179. The van der Waals surface area contributed by atoms with Gasteiger partial charge in [-0.2, -0.15) is 0 Å². The Morgan fingerprint density at radius 2 is 1.96 bits per heavy atom. The van der Waals surface area contributed by atoms with E-state index in [-0.39, 0.29) is 31.2 Å². The molecule has 0 aromatic heterocycles. The molecule has 0 spiro atoms. The van der Waals surface area contributed by atoms with Gasteiger partial charge in [0.1, 0.15) is 6.04 Å². The first-order chi connectivity index (χ1) is 11.1. The smallest absolute Gasteiger partial charge is 0.408 e. The molecule has 1 unspecified atom stereocenters. The van der Waals surface area contributed by atoms with Crippen LogP contribution in [0.2, 0.25) is 0 Å². The second-order valence-corrected chi connectivity index (χ2v) is 6.89. The van der Waals surface area contributed by atoms with Crippen LogP contribution >= 0.6 is 0 Å². The van der Waals surface area contributed by atoms with Crippen molar-refractivity contribution in [3.8, 4) is 0 Å². The van der Waals surface area contributed by atoms with Crippen molar-refractivity contribution in [2.75, 3.05) is 13.1 Å². The average molecular weight is 335 g/mol. The van der Waals surface area contributed by atoms with Gasteiger partial charge in [-0.1, -0.05) is 39.0 Å². The first-order valence-corrected chi connectivity index (χ1v) is 7.63. The molecule has 0 saturated carbocycles. The minimum atomic E-state index is -1.13. The molecule has 1 aromatic rings. The van der Waals surface area contributed by atoms with Crippen molar-refractivity contribution >= 4 is 17.7 Å². The monoisotopic (exact) mass is 335 g/mol. The molecule has 0 bridgehead atoms. The molecule has 130 valence electrons. The number of benzene rings is 1. The zero-order valence-electron chi connectivity index (χ0n) is 13.9. The molecule has 1 fully saturated rings. The second-order valence-electron chi connectivity index (χ2n) is 6.89. The van der Waals surface area contributed by atoms with Crippen LogP contribution in [0.1, 0.15) is 26.3 Å². The molecule has 1 saturated heterocycles. The third kappa shape index (κ3) is 3.47. The minimum absolute atomic E-state index is 0.0433. The van der Waals surface area contributed by atoms with E-state index < -0.39 is 22.5 Å². The molecule has 1 atom stereocenters. The molecule has 2 rings (SSSR count). The van der Waals surface area contributed by atoms with Gasteiger partial charge < -0.3 is 10.0 Å². The summed E-state index contributed by atoms with van der Waals surface area (Å²) in [4.78, 5) is 37.6. The SMILES string of the molecule is CC(C)(C)C1C(=O)N(Cc2ccccc2[N+](=O)[O-])CCN1C(=O)O. The maximum atomic E-state index is 12.8. The Hall–Kier alpha value is -2.64. The zero-order valence-corrected chi connectivity index (χ0v) is 13.9. The number of carbonyl (C=O) groups excluding carboxylic acids is 1. The molecule has 0 radical (unpaired) electrons. The van der Waals surface area contributed by atoms with E-state index in [2.05, 4.69) is 0 Å². The van der Waals surface area contributed by atoms with Gasteiger partial charge >= 0.3 is 6.09 Å². The van der Waals surface area contributed by atoms with Gasteiger partial charge in [-0.3, -0.25) is 19.8 Å². The Balaban J connectivity index is 2.29. The van der Waals surface area contributed by atoms with E-state index in [1.165, 1.54) is 11.0 Å². The van der Waals surface area contributed by atoms with E-state index >= 15 is 0 Å². The van der Waals surface area contributed by atoms with Crippen molar-refractivity contribution in [3.05, 3.63) is 39.9 Å². The highest BCUT2D eigenvalue weighted by atomic mass is 16.6. The Morgan fingerprint density at radius 1 is 1.33 bits per heavy atom. The van der Waals surface area contributed by atoms with E-state index in [4.69, 9.17) is 0 Å². The standard InChI is InChI=1S/C16H21N3O5/c1-16(2,3)13-14(20)17(8-9-18(13)15(21)22)10-11-6-4-5-7-12(11)19(23)24/h4-7,13H,8-10H2,1-3H3,(H,21,22). The lowest BCUT2D eigenvalue weighted by molar-refractivity contribution is -0.385. The van der Waals surface area contributed by atoms with Crippen molar-refractivity contribution in [2.45, 2.75) is 33.4 Å². The number of hydrogen-bond donors (Lipinski definition) is 1. The lowest BCUT2D eigenvalue weighted by Gasteiger charge is -2.44. The molecule has 0 aliphatic carbocycles. The Bertz CT molecular complexity index is 668. The molecule has 1 N–H and O–H groups in total. The summed E-state index contributed by atoms with van der Waals surface area (Å²) < 4.78 is 0.